The number of likely N-dealkylation sites (N-methyl/N-ethyl adjacent to an activating group) is 1. The summed E-state index contributed by atoms with van der Waals surface area (Å²) in [5.74, 6) is 0.885. The van der Waals surface area contributed by atoms with E-state index >= 15 is 0 Å². The van der Waals surface area contributed by atoms with Gasteiger partial charge in [-0.05, 0) is 61.7 Å². The average Bonchev–Trinajstić information content (AvgIpc) is 2.73. The van der Waals surface area contributed by atoms with Crippen molar-refractivity contribution in [2.75, 3.05) is 27.5 Å². The van der Waals surface area contributed by atoms with Crippen LogP contribution in [0.3, 0.4) is 0 Å². The maximum Gasteiger partial charge on any atom is 0.188 e. The van der Waals surface area contributed by atoms with E-state index in [0.29, 0.717) is 6.04 Å². The summed E-state index contributed by atoms with van der Waals surface area (Å²) in [4.78, 5) is 2.47. The Bertz CT molecular complexity index is 769. The van der Waals surface area contributed by atoms with Crippen LogP contribution in [0.1, 0.15) is 49.3 Å². The summed E-state index contributed by atoms with van der Waals surface area (Å²) >= 11 is 0. The van der Waals surface area contributed by atoms with Crippen molar-refractivity contribution in [3.8, 4) is 5.75 Å². The molecule has 0 aromatic heterocycles. The zero-order valence-corrected chi connectivity index (χ0v) is 17.5. The number of rotatable bonds is 8. The summed E-state index contributed by atoms with van der Waals surface area (Å²) < 4.78 is 11.1. The van der Waals surface area contributed by atoms with Gasteiger partial charge in [0.2, 0.25) is 0 Å². The molecule has 3 nitrogen and oxygen atoms in total. The van der Waals surface area contributed by atoms with E-state index in [-0.39, 0.29) is 6.79 Å². The van der Waals surface area contributed by atoms with Gasteiger partial charge >= 0.3 is 0 Å². The molecule has 1 aliphatic rings. The predicted octanol–water partition coefficient (Wildman–Crippen LogP) is 5.54. The Balaban J connectivity index is 2.09. The number of nitrogens with zero attached hydrogens (tertiary/aromatic N) is 1. The lowest BCUT2D eigenvalue weighted by atomic mass is 9.91. The Morgan fingerprint density at radius 3 is 2.68 bits per heavy atom. The molecule has 1 heterocycles. The van der Waals surface area contributed by atoms with Gasteiger partial charge in [-0.25, -0.2) is 0 Å². The summed E-state index contributed by atoms with van der Waals surface area (Å²) in [6, 6.07) is 17.7. The highest BCUT2D eigenvalue weighted by Crippen LogP contribution is 2.34. The van der Waals surface area contributed by atoms with Crippen LogP contribution in [0.2, 0.25) is 0 Å². The first-order valence-corrected chi connectivity index (χ1v) is 10.5. The minimum absolute atomic E-state index is 0.255. The normalized spacial score (nSPS) is 18.2. The third-order valence-electron chi connectivity index (χ3n) is 5.48. The van der Waals surface area contributed by atoms with Gasteiger partial charge in [-0.3, -0.25) is 4.90 Å². The Hall–Kier alpha value is -2.10. The van der Waals surface area contributed by atoms with E-state index in [1.165, 1.54) is 36.0 Å². The molecule has 2 aromatic rings. The lowest BCUT2D eigenvalue weighted by Crippen LogP contribution is -2.34. The Kier molecular flexibility index (Phi) is 7.70. The second-order valence-corrected chi connectivity index (χ2v) is 7.62. The van der Waals surface area contributed by atoms with E-state index in [1.54, 1.807) is 7.11 Å². The van der Waals surface area contributed by atoms with Gasteiger partial charge in [0, 0.05) is 18.7 Å². The SMILES string of the molecule is CCCc1ccc(OCOC)c(C(=CC2CCCCN2C)c2ccccc2)c1. The van der Waals surface area contributed by atoms with Gasteiger partial charge in [0.1, 0.15) is 5.75 Å². The Morgan fingerprint density at radius 2 is 1.96 bits per heavy atom. The number of methoxy groups -OCH3 is 1. The molecule has 150 valence electrons. The fourth-order valence-corrected chi connectivity index (χ4v) is 3.94. The third kappa shape index (κ3) is 5.24. The number of benzene rings is 2. The molecule has 0 saturated carbocycles. The molecule has 1 saturated heterocycles. The molecule has 0 N–H and O–H groups in total. The third-order valence-corrected chi connectivity index (χ3v) is 5.48. The first-order chi connectivity index (χ1) is 13.7. The van der Waals surface area contributed by atoms with Gasteiger partial charge in [0.25, 0.3) is 0 Å². The van der Waals surface area contributed by atoms with Crippen LogP contribution >= 0.6 is 0 Å². The molecule has 0 radical (unpaired) electrons. The van der Waals surface area contributed by atoms with Crippen LogP contribution in [0, 0.1) is 0 Å². The van der Waals surface area contributed by atoms with Crippen LogP contribution in [0.5, 0.6) is 5.75 Å². The average molecular weight is 380 g/mol. The van der Waals surface area contributed by atoms with Crippen molar-refractivity contribution in [1.29, 1.82) is 0 Å². The monoisotopic (exact) mass is 379 g/mol. The van der Waals surface area contributed by atoms with E-state index in [2.05, 4.69) is 73.5 Å². The highest BCUT2D eigenvalue weighted by molar-refractivity contribution is 5.83. The summed E-state index contributed by atoms with van der Waals surface area (Å²) in [5, 5.41) is 0. The molecule has 0 aliphatic carbocycles. The number of hydrogen-bond donors (Lipinski definition) is 0. The molecule has 1 fully saturated rings. The molecule has 1 atom stereocenters. The van der Waals surface area contributed by atoms with Crippen LogP contribution in [0.25, 0.3) is 5.57 Å². The topological polar surface area (TPSA) is 21.7 Å². The quantitative estimate of drug-likeness (QED) is 0.562. The van der Waals surface area contributed by atoms with Gasteiger partial charge in [-0.15, -0.1) is 0 Å². The van der Waals surface area contributed by atoms with Crippen LogP contribution < -0.4 is 4.74 Å². The summed E-state index contributed by atoms with van der Waals surface area (Å²) in [6.07, 6.45) is 8.43. The molecular formula is C25H33NO2. The van der Waals surface area contributed by atoms with Crippen molar-refractivity contribution >= 4 is 5.57 Å². The summed E-state index contributed by atoms with van der Waals surface area (Å²) in [6.45, 7) is 3.64. The van der Waals surface area contributed by atoms with Crippen molar-refractivity contribution in [2.24, 2.45) is 0 Å². The van der Waals surface area contributed by atoms with Gasteiger partial charge in [0.05, 0.1) is 0 Å². The number of aryl methyl sites for hydroxylation is 1. The van der Waals surface area contributed by atoms with Crippen LogP contribution in [-0.2, 0) is 11.2 Å². The van der Waals surface area contributed by atoms with E-state index in [4.69, 9.17) is 9.47 Å². The van der Waals surface area contributed by atoms with Crippen molar-refractivity contribution in [3.05, 3.63) is 71.3 Å². The standard InChI is InChI=1S/C25H33NO2/c1-4-10-20-14-15-25(28-19-27-3)24(17-20)23(21-11-6-5-7-12-21)18-22-13-8-9-16-26(22)2/h5-7,11-12,14-15,17-18,22H,4,8-10,13,16,19H2,1-3H3. The van der Waals surface area contributed by atoms with E-state index in [0.717, 1.165) is 30.7 Å². The minimum Gasteiger partial charge on any atom is -0.467 e. The van der Waals surface area contributed by atoms with Crippen molar-refractivity contribution in [3.63, 3.8) is 0 Å². The molecular weight excluding hydrogens is 346 g/mol. The Morgan fingerprint density at radius 1 is 1.14 bits per heavy atom. The molecule has 28 heavy (non-hydrogen) atoms. The van der Waals surface area contributed by atoms with Crippen molar-refractivity contribution in [1.82, 2.24) is 4.90 Å². The molecule has 3 heteroatoms. The number of hydrogen-bond acceptors (Lipinski definition) is 3. The highest BCUT2D eigenvalue weighted by atomic mass is 16.7. The van der Waals surface area contributed by atoms with Gasteiger partial charge in [0.15, 0.2) is 6.79 Å². The maximum absolute atomic E-state index is 5.96. The van der Waals surface area contributed by atoms with Crippen LogP contribution in [0.15, 0.2) is 54.6 Å². The number of likely N-dealkylation sites (tertiary alicyclic amines) is 1. The fraction of sp³-hybridized carbons (Fsp3) is 0.440. The smallest absolute Gasteiger partial charge is 0.188 e. The highest BCUT2D eigenvalue weighted by Gasteiger charge is 2.20. The number of piperidine rings is 1. The van der Waals surface area contributed by atoms with Gasteiger partial charge in [-0.1, -0.05) is 62.2 Å². The number of ether oxygens (including phenoxy) is 2. The molecule has 1 unspecified atom stereocenters. The first-order valence-electron chi connectivity index (χ1n) is 10.5. The van der Waals surface area contributed by atoms with E-state index < -0.39 is 0 Å². The molecule has 0 bridgehead atoms. The lowest BCUT2D eigenvalue weighted by Gasteiger charge is -2.31. The molecule has 1 aliphatic heterocycles. The molecule has 3 rings (SSSR count). The largest absolute Gasteiger partial charge is 0.467 e. The molecule has 0 spiro atoms. The molecule has 0 amide bonds. The zero-order chi connectivity index (χ0) is 19.8. The van der Waals surface area contributed by atoms with Gasteiger partial charge < -0.3 is 9.47 Å². The first kappa shape index (κ1) is 20.6. The minimum atomic E-state index is 0.255. The van der Waals surface area contributed by atoms with Gasteiger partial charge in [-0.2, -0.15) is 0 Å². The second-order valence-electron chi connectivity index (χ2n) is 7.62. The predicted molar refractivity (Wildman–Crippen MR) is 117 cm³/mol. The maximum atomic E-state index is 5.96. The molecule has 2 aromatic carbocycles. The van der Waals surface area contributed by atoms with Crippen molar-refractivity contribution < 1.29 is 9.47 Å². The fourth-order valence-electron chi connectivity index (χ4n) is 3.94. The lowest BCUT2D eigenvalue weighted by molar-refractivity contribution is 0.0509. The Labute approximate surface area is 170 Å². The van der Waals surface area contributed by atoms with Crippen molar-refractivity contribution in [2.45, 2.75) is 45.1 Å². The summed E-state index contributed by atoms with van der Waals surface area (Å²) in [5.41, 5.74) is 5.00. The van der Waals surface area contributed by atoms with Crippen LogP contribution in [-0.4, -0.2) is 38.4 Å². The summed E-state index contributed by atoms with van der Waals surface area (Å²) in [7, 11) is 3.90. The second kappa shape index (κ2) is 10.4. The zero-order valence-electron chi connectivity index (χ0n) is 17.5. The van der Waals surface area contributed by atoms with Crippen LogP contribution in [0.4, 0.5) is 0 Å². The van der Waals surface area contributed by atoms with E-state index in [9.17, 15) is 0 Å². The van der Waals surface area contributed by atoms with E-state index in [1.807, 2.05) is 0 Å².